The first-order valence-corrected chi connectivity index (χ1v) is 5.41. The van der Waals surface area contributed by atoms with Crippen LogP contribution in [-0.4, -0.2) is 0 Å². The van der Waals surface area contributed by atoms with E-state index in [-0.39, 0.29) is 0 Å². The summed E-state index contributed by atoms with van der Waals surface area (Å²) in [7, 11) is 1.13. The van der Waals surface area contributed by atoms with Crippen LogP contribution in [0.2, 0.25) is 0 Å². The maximum Gasteiger partial charge on any atom is 0.0716 e. The molecule has 0 aliphatic heterocycles. The Labute approximate surface area is 86.0 Å². The Balaban J connectivity index is 1.96. The van der Waals surface area contributed by atoms with E-state index >= 15 is 0 Å². The van der Waals surface area contributed by atoms with E-state index in [9.17, 15) is 0 Å². The van der Waals surface area contributed by atoms with Gasteiger partial charge < -0.3 is 5.09 Å². The summed E-state index contributed by atoms with van der Waals surface area (Å²) in [6, 6.07) is 20.6. The molecule has 2 aromatic carbocycles. The zero-order valence-corrected chi connectivity index (χ0v) is 8.62. The minimum absolute atomic E-state index is 1.13. The maximum atomic E-state index is 3.33. The van der Waals surface area contributed by atoms with E-state index in [2.05, 4.69) is 41.5 Å². The number of nitrogens with one attached hydrogen (secondary N) is 1. The minimum atomic E-state index is 1.13. The molecule has 1 N–H and O–H groups in total. The van der Waals surface area contributed by atoms with Crippen LogP contribution in [0.5, 0.6) is 0 Å². The zero-order valence-electron chi connectivity index (χ0n) is 7.72. The molecule has 2 heteroatoms. The van der Waals surface area contributed by atoms with E-state index in [1.54, 1.807) is 0 Å². The smallest absolute Gasteiger partial charge is 0.0716 e. The maximum absolute atomic E-state index is 3.33. The second-order valence-electron chi connectivity index (χ2n) is 2.93. The van der Waals surface area contributed by atoms with Crippen LogP contribution in [-0.2, 0) is 0 Å². The Kier molecular flexibility index (Phi) is 3.15. The molecule has 0 aromatic heterocycles. The molecule has 0 heterocycles. The van der Waals surface area contributed by atoms with Crippen molar-refractivity contribution in [2.24, 2.45) is 0 Å². The van der Waals surface area contributed by atoms with Gasteiger partial charge in [-0.1, -0.05) is 48.5 Å². The normalized spacial score (nSPS) is 10.6. The molecule has 0 saturated carbocycles. The minimum Gasteiger partial charge on any atom is -0.356 e. The van der Waals surface area contributed by atoms with Gasteiger partial charge in [-0.15, -0.1) is 0 Å². The third kappa shape index (κ3) is 2.58. The van der Waals surface area contributed by atoms with E-state index < -0.39 is 0 Å². The highest BCUT2D eigenvalue weighted by Gasteiger charge is 1.92. The summed E-state index contributed by atoms with van der Waals surface area (Å²) in [6.45, 7) is 0. The molecule has 1 radical (unpaired) electrons. The van der Waals surface area contributed by atoms with Crippen LogP contribution in [0.1, 0.15) is 0 Å². The Morgan fingerprint density at radius 1 is 0.714 bits per heavy atom. The van der Waals surface area contributed by atoms with Gasteiger partial charge in [-0.2, -0.15) is 0 Å². The fourth-order valence-electron chi connectivity index (χ4n) is 1.14. The first-order valence-electron chi connectivity index (χ1n) is 4.52. The predicted octanol–water partition coefficient (Wildman–Crippen LogP) is 3.29. The standard InChI is InChI=1S/C12H11NP/c1-3-7-11(8-4-1)13-14-12-9-5-2-6-10-12/h1-10,13H. The molecule has 0 unspecified atom stereocenters. The highest BCUT2D eigenvalue weighted by atomic mass is 31.1. The van der Waals surface area contributed by atoms with E-state index in [1.165, 1.54) is 5.30 Å². The first kappa shape index (κ1) is 9.23. The van der Waals surface area contributed by atoms with Gasteiger partial charge in [0.15, 0.2) is 0 Å². The van der Waals surface area contributed by atoms with Gasteiger partial charge in [-0.25, -0.2) is 0 Å². The number of anilines is 1. The van der Waals surface area contributed by atoms with Crippen LogP contribution in [0.25, 0.3) is 0 Å². The number of para-hydroxylation sites is 1. The summed E-state index contributed by atoms with van der Waals surface area (Å²) in [4.78, 5) is 0. The molecular formula is C12H11NP. The zero-order chi connectivity index (χ0) is 9.64. The van der Waals surface area contributed by atoms with Gasteiger partial charge in [0.1, 0.15) is 0 Å². The van der Waals surface area contributed by atoms with E-state index in [0.29, 0.717) is 0 Å². The Morgan fingerprint density at radius 3 is 1.93 bits per heavy atom. The van der Waals surface area contributed by atoms with Gasteiger partial charge in [0.2, 0.25) is 0 Å². The number of hydrogen-bond acceptors (Lipinski definition) is 1. The molecule has 1 nitrogen and oxygen atoms in total. The predicted molar refractivity (Wildman–Crippen MR) is 63.1 cm³/mol. The summed E-state index contributed by atoms with van der Waals surface area (Å²) in [6.07, 6.45) is 0. The lowest BCUT2D eigenvalue weighted by molar-refractivity contribution is 1.68. The van der Waals surface area contributed by atoms with Crippen LogP contribution in [0, 0.1) is 0 Å². The van der Waals surface area contributed by atoms with Gasteiger partial charge in [0, 0.05) is 11.0 Å². The molecule has 0 bridgehead atoms. The van der Waals surface area contributed by atoms with E-state index in [1.807, 2.05) is 24.3 Å². The fraction of sp³-hybridized carbons (Fsp3) is 0. The van der Waals surface area contributed by atoms with Crippen molar-refractivity contribution in [3.63, 3.8) is 0 Å². The average Bonchev–Trinajstić information content (AvgIpc) is 2.29. The van der Waals surface area contributed by atoms with Gasteiger partial charge in [-0.05, 0) is 12.1 Å². The van der Waals surface area contributed by atoms with Crippen molar-refractivity contribution in [3.8, 4) is 0 Å². The number of hydrogen-bond donors (Lipinski definition) is 1. The molecule has 0 aliphatic carbocycles. The van der Waals surface area contributed by atoms with Gasteiger partial charge in [-0.3, -0.25) is 0 Å². The molecule has 2 rings (SSSR count). The number of rotatable bonds is 3. The second-order valence-corrected chi connectivity index (χ2v) is 3.89. The summed E-state index contributed by atoms with van der Waals surface area (Å²) < 4.78 is 0. The highest BCUT2D eigenvalue weighted by Crippen LogP contribution is 2.15. The lowest BCUT2D eigenvalue weighted by Crippen LogP contribution is -1.96. The molecule has 0 spiro atoms. The number of benzene rings is 2. The van der Waals surface area contributed by atoms with Gasteiger partial charge in [0.25, 0.3) is 0 Å². The van der Waals surface area contributed by atoms with Crippen molar-refractivity contribution in [2.75, 3.05) is 5.09 Å². The molecule has 0 saturated heterocycles. The molecule has 14 heavy (non-hydrogen) atoms. The third-order valence-corrected chi connectivity index (χ3v) is 2.77. The third-order valence-electron chi connectivity index (χ3n) is 1.84. The van der Waals surface area contributed by atoms with Crippen LogP contribution in [0.15, 0.2) is 60.7 Å². The monoisotopic (exact) mass is 200 g/mol. The molecule has 2 aromatic rings. The van der Waals surface area contributed by atoms with Crippen molar-refractivity contribution in [2.45, 2.75) is 0 Å². The Morgan fingerprint density at radius 2 is 1.29 bits per heavy atom. The quantitative estimate of drug-likeness (QED) is 0.749. The van der Waals surface area contributed by atoms with Crippen LogP contribution in [0.3, 0.4) is 0 Å². The average molecular weight is 200 g/mol. The van der Waals surface area contributed by atoms with Crippen molar-refractivity contribution in [1.29, 1.82) is 0 Å². The molecule has 0 atom stereocenters. The van der Waals surface area contributed by atoms with Crippen LogP contribution >= 0.6 is 8.73 Å². The van der Waals surface area contributed by atoms with Gasteiger partial charge in [0.05, 0.1) is 8.73 Å². The molecule has 0 amide bonds. The van der Waals surface area contributed by atoms with E-state index in [4.69, 9.17) is 0 Å². The fourth-order valence-corrected chi connectivity index (χ4v) is 1.87. The van der Waals surface area contributed by atoms with E-state index in [0.717, 1.165) is 14.4 Å². The van der Waals surface area contributed by atoms with Crippen molar-refractivity contribution in [3.05, 3.63) is 60.7 Å². The lowest BCUT2D eigenvalue weighted by Gasteiger charge is -2.03. The van der Waals surface area contributed by atoms with Gasteiger partial charge >= 0.3 is 0 Å². The SMILES string of the molecule is c1ccc(N[P]c2ccccc2)cc1. The van der Waals surface area contributed by atoms with Crippen LogP contribution in [0.4, 0.5) is 5.69 Å². The van der Waals surface area contributed by atoms with Crippen LogP contribution < -0.4 is 10.4 Å². The summed E-state index contributed by atoms with van der Waals surface area (Å²) in [5, 5.41) is 4.61. The topological polar surface area (TPSA) is 12.0 Å². The second kappa shape index (κ2) is 4.78. The van der Waals surface area contributed by atoms with Crippen molar-refractivity contribution >= 4 is 19.7 Å². The van der Waals surface area contributed by atoms with Crippen molar-refractivity contribution < 1.29 is 0 Å². The first-order chi connectivity index (χ1) is 6.95. The summed E-state index contributed by atoms with van der Waals surface area (Å²) in [5.74, 6) is 0. The molecule has 0 fully saturated rings. The lowest BCUT2D eigenvalue weighted by atomic mass is 10.3. The molecular weight excluding hydrogens is 189 g/mol. The highest BCUT2D eigenvalue weighted by molar-refractivity contribution is 7.48. The largest absolute Gasteiger partial charge is 0.356 e. The Hall–Kier alpha value is -1.33. The molecule has 0 aliphatic rings. The summed E-state index contributed by atoms with van der Waals surface area (Å²) in [5.41, 5.74) is 1.15. The van der Waals surface area contributed by atoms with Crippen molar-refractivity contribution in [1.82, 2.24) is 0 Å². The Bertz CT molecular complexity index is 333. The summed E-state index contributed by atoms with van der Waals surface area (Å²) >= 11 is 0. The molecule has 69 valence electrons.